The van der Waals surface area contributed by atoms with E-state index in [1.165, 1.54) is 13.0 Å². The third-order valence-corrected chi connectivity index (χ3v) is 5.59. The van der Waals surface area contributed by atoms with Crippen molar-refractivity contribution in [3.8, 4) is 0 Å². The van der Waals surface area contributed by atoms with Crippen LogP contribution in [-0.2, 0) is 16.0 Å². The Morgan fingerprint density at radius 3 is 2.33 bits per heavy atom. The van der Waals surface area contributed by atoms with Gasteiger partial charge >= 0.3 is 11.7 Å². The topological polar surface area (TPSA) is 157 Å². The Bertz CT molecular complexity index is 1470. The largest absolute Gasteiger partial charge is 0.480 e. The normalized spacial score (nSPS) is 14.1. The zero-order chi connectivity index (χ0) is 23.7. The molecule has 1 amide bonds. The number of fused-ring (bicyclic) bond motifs is 2. The van der Waals surface area contributed by atoms with Crippen molar-refractivity contribution in [1.29, 1.82) is 0 Å². The highest BCUT2D eigenvalue weighted by molar-refractivity contribution is 5.88. The monoisotopic (exact) mass is 450 g/mol. The van der Waals surface area contributed by atoms with E-state index >= 15 is 0 Å². The quantitative estimate of drug-likeness (QED) is 0.282. The molecule has 0 saturated carbocycles. The van der Waals surface area contributed by atoms with Crippen molar-refractivity contribution in [2.24, 2.45) is 0 Å². The Morgan fingerprint density at radius 1 is 1.03 bits per heavy atom. The number of nitrogens with zero attached hydrogens (tertiary/aromatic N) is 1. The Kier molecular flexibility index (Phi) is 5.84. The summed E-state index contributed by atoms with van der Waals surface area (Å²) in [7, 11) is 0. The number of hydrogen-bond acceptors (Lipinski definition) is 5. The van der Waals surface area contributed by atoms with Gasteiger partial charge in [0.2, 0.25) is 5.91 Å². The number of aromatic amines is 2. The minimum atomic E-state index is -1.61. The molecule has 0 aliphatic heterocycles. The molecule has 10 nitrogen and oxygen atoms in total. The summed E-state index contributed by atoms with van der Waals surface area (Å²) in [6.07, 6.45) is 0.213. The lowest BCUT2D eigenvalue weighted by molar-refractivity contribution is -0.145. The van der Waals surface area contributed by atoms with Gasteiger partial charge in [0, 0.05) is 23.5 Å². The van der Waals surface area contributed by atoms with E-state index in [0.717, 1.165) is 15.5 Å². The minimum absolute atomic E-state index is 0.0661. The molecule has 0 spiro atoms. The van der Waals surface area contributed by atoms with Crippen LogP contribution in [0.15, 0.2) is 64.3 Å². The highest BCUT2D eigenvalue weighted by Gasteiger charge is 2.32. The number of amides is 1. The zero-order valence-corrected chi connectivity index (χ0v) is 17.6. The molecule has 0 bridgehead atoms. The summed E-state index contributed by atoms with van der Waals surface area (Å²) in [5.41, 5.74) is 0.302. The van der Waals surface area contributed by atoms with Crippen molar-refractivity contribution in [2.75, 3.05) is 0 Å². The van der Waals surface area contributed by atoms with Gasteiger partial charge in [-0.05, 0) is 30.7 Å². The fraction of sp³-hybridized carbons (Fsp3) is 0.217. The lowest BCUT2D eigenvalue weighted by Gasteiger charge is -2.23. The predicted octanol–water partition coefficient (Wildman–Crippen LogP) is 0.905. The summed E-state index contributed by atoms with van der Waals surface area (Å²) < 4.78 is 0.792. The van der Waals surface area contributed by atoms with Crippen molar-refractivity contribution in [3.63, 3.8) is 0 Å². The number of benzene rings is 2. The summed E-state index contributed by atoms with van der Waals surface area (Å²) in [5, 5.41) is 22.4. The van der Waals surface area contributed by atoms with Crippen LogP contribution in [0.1, 0.15) is 18.5 Å². The second-order valence-electron chi connectivity index (χ2n) is 7.80. The lowest BCUT2D eigenvalue weighted by Crippen LogP contribution is -2.52. The molecule has 0 radical (unpaired) electrons. The molecule has 4 aromatic rings. The Hall–Kier alpha value is -4.18. The minimum Gasteiger partial charge on any atom is -0.480 e. The molecule has 2 aromatic heterocycles. The summed E-state index contributed by atoms with van der Waals surface area (Å²) >= 11 is 0. The standard InChI is InChI=1S/C23H22N4O6/c1-12(28)19(22(31)32)26-20(29)18(10-13-11-24-16-8-4-2-6-14(13)16)27-21(30)15-7-3-5-9-17(15)25-23(27)33/h2-9,11-12,18-19,24,28H,10H2,1H3,(H,25,33)(H,26,29)(H,31,32)/t12-,18-,19+/m1/s1. The van der Waals surface area contributed by atoms with Gasteiger partial charge in [0.15, 0.2) is 6.04 Å². The molecule has 170 valence electrons. The molecule has 5 N–H and O–H groups in total. The van der Waals surface area contributed by atoms with Crippen LogP contribution in [0.25, 0.3) is 21.8 Å². The van der Waals surface area contributed by atoms with E-state index in [-0.39, 0.29) is 11.8 Å². The molecule has 0 aliphatic rings. The second-order valence-corrected chi connectivity index (χ2v) is 7.80. The smallest absolute Gasteiger partial charge is 0.329 e. The Balaban J connectivity index is 1.85. The van der Waals surface area contributed by atoms with Crippen molar-refractivity contribution in [1.82, 2.24) is 19.9 Å². The molecular weight excluding hydrogens is 428 g/mol. The van der Waals surface area contributed by atoms with Crippen LogP contribution < -0.4 is 16.6 Å². The number of para-hydroxylation sites is 2. The van der Waals surface area contributed by atoms with Crippen LogP contribution in [0, 0.1) is 0 Å². The van der Waals surface area contributed by atoms with Gasteiger partial charge in [-0.3, -0.25) is 9.59 Å². The van der Waals surface area contributed by atoms with Crippen molar-refractivity contribution >= 4 is 33.7 Å². The van der Waals surface area contributed by atoms with Crippen LogP contribution in [0.2, 0.25) is 0 Å². The van der Waals surface area contributed by atoms with Gasteiger partial charge in [-0.2, -0.15) is 0 Å². The van der Waals surface area contributed by atoms with Gasteiger partial charge in [-0.25, -0.2) is 14.2 Å². The highest BCUT2D eigenvalue weighted by Crippen LogP contribution is 2.22. The van der Waals surface area contributed by atoms with Gasteiger partial charge < -0.3 is 25.5 Å². The highest BCUT2D eigenvalue weighted by atomic mass is 16.4. The van der Waals surface area contributed by atoms with Gasteiger partial charge in [0.05, 0.1) is 17.0 Å². The van der Waals surface area contributed by atoms with Crippen LogP contribution in [0.4, 0.5) is 0 Å². The van der Waals surface area contributed by atoms with E-state index in [0.29, 0.717) is 11.1 Å². The third-order valence-electron chi connectivity index (χ3n) is 5.59. The van der Waals surface area contributed by atoms with Gasteiger partial charge in [-0.15, -0.1) is 0 Å². The number of carboxylic acids is 1. The second kappa shape index (κ2) is 8.75. The number of aliphatic carboxylic acids is 1. The fourth-order valence-corrected chi connectivity index (χ4v) is 3.91. The van der Waals surface area contributed by atoms with Crippen molar-refractivity contribution in [2.45, 2.75) is 31.5 Å². The van der Waals surface area contributed by atoms with E-state index < -0.39 is 41.3 Å². The molecule has 10 heteroatoms. The van der Waals surface area contributed by atoms with Gasteiger partial charge in [0.1, 0.15) is 6.04 Å². The predicted molar refractivity (Wildman–Crippen MR) is 121 cm³/mol. The van der Waals surface area contributed by atoms with Crippen LogP contribution in [-0.4, -0.2) is 48.8 Å². The average molecular weight is 450 g/mol. The number of H-pyrrole nitrogens is 2. The number of aromatic nitrogens is 3. The molecule has 33 heavy (non-hydrogen) atoms. The SMILES string of the molecule is C[C@@H](O)[C@H](NC(=O)[C@@H](Cc1c[nH]c2ccccc12)n1c(=O)[nH]c2ccccc2c1=O)C(=O)O. The first kappa shape index (κ1) is 22.0. The summed E-state index contributed by atoms with van der Waals surface area (Å²) in [6, 6.07) is 10.8. The molecule has 2 heterocycles. The molecule has 0 saturated heterocycles. The molecular formula is C23H22N4O6. The first-order chi connectivity index (χ1) is 15.8. The number of aliphatic hydroxyl groups is 1. The van der Waals surface area contributed by atoms with Crippen LogP contribution in [0.5, 0.6) is 0 Å². The van der Waals surface area contributed by atoms with Gasteiger partial charge in [-0.1, -0.05) is 30.3 Å². The van der Waals surface area contributed by atoms with Gasteiger partial charge in [0.25, 0.3) is 5.56 Å². The molecule has 4 rings (SSSR count). The number of hydrogen-bond donors (Lipinski definition) is 5. The molecule has 0 aliphatic carbocycles. The van der Waals surface area contributed by atoms with Crippen LogP contribution in [0.3, 0.4) is 0 Å². The molecule has 0 unspecified atom stereocenters. The first-order valence-electron chi connectivity index (χ1n) is 10.3. The molecule has 2 aromatic carbocycles. The fourth-order valence-electron chi connectivity index (χ4n) is 3.91. The number of nitrogens with one attached hydrogen (secondary N) is 3. The number of carbonyl (C=O) groups is 2. The zero-order valence-electron chi connectivity index (χ0n) is 17.6. The lowest BCUT2D eigenvalue weighted by atomic mass is 10.0. The van der Waals surface area contributed by atoms with E-state index in [2.05, 4.69) is 15.3 Å². The third kappa shape index (κ3) is 4.15. The van der Waals surface area contributed by atoms with E-state index in [1.54, 1.807) is 24.4 Å². The molecule has 3 atom stereocenters. The van der Waals surface area contributed by atoms with E-state index in [9.17, 15) is 29.4 Å². The molecule has 0 fully saturated rings. The Labute approximate surface area is 186 Å². The first-order valence-corrected chi connectivity index (χ1v) is 10.3. The van der Waals surface area contributed by atoms with Crippen molar-refractivity contribution in [3.05, 3.63) is 81.1 Å². The summed E-state index contributed by atoms with van der Waals surface area (Å²) in [4.78, 5) is 56.6. The number of aliphatic hydroxyl groups excluding tert-OH is 1. The summed E-state index contributed by atoms with van der Waals surface area (Å²) in [5.74, 6) is -2.32. The number of carboxylic acid groups (broad SMARTS) is 1. The Morgan fingerprint density at radius 2 is 1.67 bits per heavy atom. The van der Waals surface area contributed by atoms with Crippen LogP contribution >= 0.6 is 0 Å². The maximum atomic E-state index is 13.3. The summed E-state index contributed by atoms with van der Waals surface area (Å²) in [6.45, 7) is 1.22. The van der Waals surface area contributed by atoms with E-state index in [4.69, 9.17) is 0 Å². The number of carbonyl (C=O) groups excluding carboxylic acids is 1. The maximum Gasteiger partial charge on any atom is 0.329 e. The average Bonchev–Trinajstić information content (AvgIpc) is 3.19. The number of rotatable bonds is 7. The van der Waals surface area contributed by atoms with Crippen molar-refractivity contribution < 1.29 is 19.8 Å². The maximum absolute atomic E-state index is 13.3. The van der Waals surface area contributed by atoms with E-state index in [1.807, 2.05) is 24.3 Å².